The van der Waals surface area contributed by atoms with E-state index in [2.05, 4.69) is 54.2 Å². The van der Waals surface area contributed by atoms with Crippen LogP contribution in [0.1, 0.15) is 24.9 Å². The summed E-state index contributed by atoms with van der Waals surface area (Å²) in [4.78, 5) is 3.91. The maximum absolute atomic E-state index is 4.10. The highest BCUT2D eigenvalue weighted by molar-refractivity contribution is 7.98. The maximum Gasteiger partial charge on any atom is 0.0386 e. The molecule has 104 valence electrons. The second-order valence-corrected chi connectivity index (χ2v) is 6.12. The highest BCUT2D eigenvalue weighted by Crippen LogP contribution is 2.28. The number of hydrogen-bond donors (Lipinski definition) is 1. The number of piperazine rings is 1. The molecule has 1 aromatic carbocycles. The van der Waals surface area contributed by atoms with Gasteiger partial charge in [-0.05, 0) is 37.3 Å². The topological polar surface area (TPSA) is 15.3 Å². The van der Waals surface area contributed by atoms with Crippen molar-refractivity contribution in [3.63, 3.8) is 0 Å². The standard InChI is InChI=1S/C16H24N2S/c1-13(2)12-16(18-10-8-17-9-11-18)14-4-6-15(19-3)7-5-14/h4-7,16-17H,1,8-12H2,2-3H3/t16-/m1/s1. The minimum atomic E-state index is 0.482. The van der Waals surface area contributed by atoms with Crippen LogP contribution in [0.25, 0.3) is 0 Å². The average Bonchev–Trinajstić information content (AvgIpc) is 2.46. The molecule has 1 saturated heterocycles. The number of thioether (sulfide) groups is 1. The average molecular weight is 276 g/mol. The van der Waals surface area contributed by atoms with Crippen molar-refractivity contribution in [3.8, 4) is 0 Å². The molecule has 0 aromatic heterocycles. The molecule has 1 fully saturated rings. The molecule has 19 heavy (non-hydrogen) atoms. The van der Waals surface area contributed by atoms with Crippen molar-refractivity contribution < 1.29 is 0 Å². The van der Waals surface area contributed by atoms with Gasteiger partial charge in [0.05, 0.1) is 0 Å². The summed E-state index contributed by atoms with van der Waals surface area (Å²) in [6.07, 6.45) is 3.18. The van der Waals surface area contributed by atoms with Crippen molar-refractivity contribution in [2.75, 3.05) is 32.4 Å². The molecule has 2 nitrogen and oxygen atoms in total. The SMILES string of the molecule is C=C(C)C[C@H](c1ccc(SC)cc1)N1CCNCC1. The van der Waals surface area contributed by atoms with Crippen LogP contribution in [0.3, 0.4) is 0 Å². The van der Waals surface area contributed by atoms with Gasteiger partial charge in [0.15, 0.2) is 0 Å². The van der Waals surface area contributed by atoms with Crippen molar-refractivity contribution >= 4 is 11.8 Å². The lowest BCUT2D eigenvalue weighted by Gasteiger charge is -2.35. The molecule has 1 atom stereocenters. The molecule has 0 aliphatic carbocycles. The smallest absolute Gasteiger partial charge is 0.0386 e. The second kappa shape index (κ2) is 7.13. The predicted molar refractivity (Wildman–Crippen MR) is 84.8 cm³/mol. The molecule has 1 aromatic rings. The molecule has 1 heterocycles. The molecule has 1 aliphatic heterocycles. The van der Waals surface area contributed by atoms with E-state index >= 15 is 0 Å². The Bertz CT molecular complexity index is 407. The van der Waals surface area contributed by atoms with Gasteiger partial charge in [-0.25, -0.2) is 0 Å². The minimum Gasteiger partial charge on any atom is -0.314 e. The van der Waals surface area contributed by atoms with Gasteiger partial charge in [0, 0.05) is 37.1 Å². The first-order chi connectivity index (χ1) is 9.20. The van der Waals surface area contributed by atoms with Gasteiger partial charge in [0.1, 0.15) is 0 Å². The molecule has 1 N–H and O–H groups in total. The summed E-state index contributed by atoms with van der Waals surface area (Å²) in [7, 11) is 0. The molecule has 3 heteroatoms. The molecule has 0 unspecified atom stereocenters. The van der Waals surface area contributed by atoms with Gasteiger partial charge in [-0.15, -0.1) is 18.3 Å². The summed E-state index contributed by atoms with van der Waals surface area (Å²) >= 11 is 1.80. The summed E-state index contributed by atoms with van der Waals surface area (Å²) in [6.45, 7) is 10.7. The highest BCUT2D eigenvalue weighted by atomic mass is 32.2. The van der Waals surface area contributed by atoms with Gasteiger partial charge in [0.2, 0.25) is 0 Å². The van der Waals surface area contributed by atoms with Crippen LogP contribution in [-0.2, 0) is 0 Å². The first kappa shape index (κ1) is 14.6. The fourth-order valence-electron chi connectivity index (χ4n) is 2.61. The Balaban J connectivity index is 2.17. The molecule has 1 aliphatic rings. The van der Waals surface area contributed by atoms with Crippen molar-refractivity contribution in [1.29, 1.82) is 0 Å². The Morgan fingerprint density at radius 1 is 1.32 bits per heavy atom. The summed E-state index contributed by atoms with van der Waals surface area (Å²) < 4.78 is 0. The Kier molecular flexibility index (Phi) is 5.49. The Hall–Kier alpha value is -0.770. The van der Waals surface area contributed by atoms with Gasteiger partial charge in [-0.1, -0.05) is 17.7 Å². The van der Waals surface area contributed by atoms with Crippen molar-refractivity contribution in [2.24, 2.45) is 0 Å². The van der Waals surface area contributed by atoms with Crippen LogP contribution in [0.2, 0.25) is 0 Å². The van der Waals surface area contributed by atoms with Crippen LogP contribution in [-0.4, -0.2) is 37.3 Å². The van der Waals surface area contributed by atoms with Crippen LogP contribution >= 0.6 is 11.8 Å². The van der Waals surface area contributed by atoms with Crippen LogP contribution < -0.4 is 5.32 Å². The third-order valence-electron chi connectivity index (χ3n) is 3.63. The highest BCUT2D eigenvalue weighted by Gasteiger charge is 2.21. The van der Waals surface area contributed by atoms with E-state index in [0.29, 0.717) is 6.04 Å². The van der Waals surface area contributed by atoms with Crippen LogP contribution in [0.4, 0.5) is 0 Å². The van der Waals surface area contributed by atoms with Crippen molar-refractivity contribution in [3.05, 3.63) is 42.0 Å². The molecule has 0 amide bonds. The quantitative estimate of drug-likeness (QED) is 0.656. The van der Waals surface area contributed by atoms with Gasteiger partial charge in [-0.2, -0.15) is 0 Å². The van der Waals surface area contributed by atoms with Gasteiger partial charge >= 0.3 is 0 Å². The predicted octanol–water partition coefficient (Wildman–Crippen LogP) is 3.32. The summed E-state index contributed by atoms with van der Waals surface area (Å²) in [5.41, 5.74) is 2.68. The number of nitrogens with one attached hydrogen (secondary N) is 1. The van der Waals surface area contributed by atoms with E-state index in [-0.39, 0.29) is 0 Å². The van der Waals surface area contributed by atoms with Crippen LogP contribution in [0.5, 0.6) is 0 Å². The van der Waals surface area contributed by atoms with E-state index in [9.17, 15) is 0 Å². The molecule has 0 bridgehead atoms. The fourth-order valence-corrected chi connectivity index (χ4v) is 3.02. The van der Waals surface area contributed by atoms with Crippen LogP contribution in [0, 0.1) is 0 Å². The summed E-state index contributed by atoms with van der Waals surface area (Å²) in [5, 5.41) is 3.43. The van der Waals surface area contributed by atoms with Gasteiger partial charge in [0.25, 0.3) is 0 Å². The Morgan fingerprint density at radius 3 is 2.47 bits per heavy atom. The minimum absolute atomic E-state index is 0.482. The molecule has 0 radical (unpaired) electrons. The third-order valence-corrected chi connectivity index (χ3v) is 4.38. The van der Waals surface area contributed by atoms with Gasteiger partial charge in [-0.3, -0.25) is 4.90 Å². The normalized spacial score (nSPS) is 18.2. The second-order valence-electron chi connectivity index (χ2n) is 5.24. The van der Waals surface area contributed by atoms with E-state index in [1.165, 1.54) is 16.0 Å². The Morgan fingerprint density at radius 2 is 1.95 bits per heavy atom. The van der Waals surface area contributed by atoms with Crippen molar-refractivity contribution in [2.45, 2.75) is 24.3 Å². The zero-order valence-corrected chi connectivity index (χ0v) is 12.8. The monoisotopic (exact) mass is 276 g/mol. The summed E-state index contributed by atoms with van der Waals surface area (Å²) in [6, 6.07) is 9.50. The first-order valence-electron chi connectivity index (χ1n) is 6.94. The first-order valence-corrected chi connectivity index (χ1v) is 8.16. The zero-order chi connectivity index (χ0) is 13.7. The van der Waals surface area contributed by atoms with E-state index in [1.807, 2.05) is 0 Å². The molecule has 0 spiro atoms. The van der Waals surface area contributed by atoms with E-state index < -0.39 is 0 Å². The zero-order valence-electron chi connectivity index (χ0n) is 12.0. The lowest BCUT2D eigenvalue weighted by molar-refractivity contribution is 0.172. The molecular weight excluding hydrogens is 252 g/mol. The van der Waals surface area contributed by atoms with E-state index in [0.717, 1.165) is 32.6 Å². The number of nitrogens with zero attached hydrogens (tertiary/aromatic N) is 1. The van der Waals surface area contributed by atoms with E-state index in [4.69, 9.17) is 0 Å². The maximum atomic E-state index is 4.10. The summed E-state index contributed by atoms with van der Waals surface area (Å²) in [5.74, 6) is 0. The Labute approximate surface area is 121 Å². The van der Waals surface area contributed by atoms with Gasteiger partial charge < -0.3 is 5.32 Å². The lowest BCUT2D eigenvalue weighted by atomic mass is 9.98. The third kappa shape index (κ3) is 4.10. The molecular formula is C16H24N2S. The molecule has 0 saturated carbocycles. The number of rotatable bonds is 5. The largest absolute Gasteiger partial charge is 0.314 e. The number of hydrogen-bond acceptors (Lipinski definition) is 3. The molecule has 2 rings (SSSR count). The lowest BCUT2D eigenvalue weighted by Crippen LogP contribution is -2.45. The van der Waals surface area contributed by atoms with E-state index in [1.54, 1.807) is 11.8 Å². The van der Waals surface area contributed by atoms with Crippen LogP contribution in [0.15, 0.2) is 41.3 Å². The fraction of sp³-hybridized carbons (Fsp3) is 0.500. The van der Waals surface area contributed by atoms with Crippen molar-refractivity contribution in [1.82, 2.24) is 10.2 Å². The number of benzene rings is 1.